The molecule has 0 spiro atoms. The summed E-state index contributed by atoms with van der Waals surface area (Å²) >= 11 is 0. The average molecular weight is 255 g/mol. The van der Waals surface area contributed by atoms with E-state index in [1.807, 2.05) is 5.32 Å². The number of allylic oxidation sites excluding steroid dienone is 1. The quantitative estimate of drug-likeness (QED) is 0.652. The second-order valence-corrected chi connectivity index (χ2v) is 3.09. The highest BCUT2D eigenvalue weighted by Crippen LogP contribution is 2.36. The molecule has 7 heteroatoms. The Morgan fingerprint density at radius 1 is 1.22 bits per heavy atom. The maximum Gasteiger partial charge on any atom is 0.418 e. The largest absolute Gasteiger partial charge is 0.418 e. The molecule has 0 saturated carbocycles. The molecule has 0 fully saturated rings. The number of anilines is 1. The van der Waals surface area contributed by atoms with Crippen molar-refractivity contribution in [1.29, 1.82) is 10.5 Å². The number of nitrogens with zero attached hydrogens (tertiary/aromatic N) is 2. The number of alkyl halides is 3. The van der Waals surface area contributed by atoms with Crippen LogP contribution in [0.15, 0.2) is 30.0 Å². The summed E-state index contributed by atoms with van der Waals surface area (Å²) in [6.45, 7) is 0. The van der Waals surface area contributed by atoms with Gasteiger partial charge in [0.25, 0.3) is 0 Å². The summed E-state index contributed by atoms with van der Waals surface area (Å²) < 4.78 is 51.0. The fraction of sp³-hybridized carbons (Fsp3) is 0.0909. The van der Waals surface area contributed by atoms with Gasteiger partial charge < -0.3 is 5.32 Å². The van der Waals surface area contributed by atoms with Crippen LogP contribution in [-0.2, 0) is 6.18 Å². The van der Waals surface area contributed by atoms with Gasteiger partial charge in [-0.1, -0.05) is 6.07 Å². The lowest BCUT2D eigenvalue weighted by molar-refractivity contribution is -0.137. The molecule has 0 amide bonds. The van der Waals surface area contributed by atoms with Gasteiger partial charge in [0.05, 0.1) is 11.3 Å². The van der Waals surface area contributed by atoms with Crippen LogP contribution < -0.4 is 5.32 Å². The van der Waals surface area contributed by atoms with E-state index in [4.69, 9.17) is 10.5 Å². The van der Waals surface area contributed by atoms with Crippen molar-refractivity contribution in [2.45, 2.75) is 6.18 Å². The molecule has 0 aliphatic heterocycles. The Labute approximate surface area is 99.6 Å². The minimum Gasteiger partial charge on any atom is -0.357 e. The minimum atomic E-state index is -4.74. The van der Waals surface area contributed by atoms with E-state index in [-0.39, 0.29) is 0 Å². The molecule has 0 bridgehead atoms. The molecule has 1 rings (SSSR count). The van der Waals surface area contributed by atoms with E-state index >= 15 is 0 Å². The molecule has 1 aromatic rings. The number of benzene rings is 1. The Bertz CT molecular complexity index is 545. The predicted octanol–water partition coefficient (Wildman–Crippen LogP) is 3.19. The maximum absolute atomic E-state index is 13.3. The molecule has 0 unspecified atom stereocenters. The van der Waals surface area contributed by atoms with Crippen LogP contribution in [-0.4, -0.2) is 0 Å². The Morgan fingerprint density at radius 2 is 1.83 bits per heavy atom. The summed E-state index contributed by atoms with van der Waals surface area (Å²) in [5, 5.41) is 18.8. The van der Waals surface area contributed by atoms with Gasteiger partial charge in [-0.05, 0) is 12.1 Å². The van der Waals surface area contributed by atoms with Crippen molar-refractivity contribution in [3.63, 3.8) is 0 Å². The summed E-state index contributed by atoms with van der Waals surface area (Å²) in [4.78, 5) is 0. The molecule has 18 heavy (non-hydrogen) atoms. The van der Waals surface area contributed by atoms with Crippen LogP contribution in [0, 0.1) is 28.5 Å². The number of nitriles is 2. The van der Waals surface area contributed by atoms with Crippen LogP contribution >= 0.6 is 0 Å². The highest BCUT2D eigenvalue weighted by molar-refractivity contribution is 5.57. The van der Waals surface area contributed by atoms with Crippen molar-refractivity contribution in [2.24, 2.45) is 0 Å². The Kier molecular flexibility index (Phi) is 3.90. The minimum absolute atomic E-state index is 0.466. The smallest absolute Gasteiger partial charge is 0.357 e. The molecule has 0 saturated heterocycles. The van der Waals surface area contributed by atoms with Crippen LogP contribution in [0.3, 0.4) is 0 Å². The highest BCUT2D eigenvalue weighted by atomic mass is 19.4. The topological polar surface area (TPSA) is 59.6 Å². The maximum atomic E-state index is 13.3. The second kappa shape index (κ2) is 5.19. The number of hydrogen-bond acceptors (Lipinski definition) is 3. The lowest BCUT2D eigenvalue weighted by atomic mass is 10.1. The first-order chi connectivity index (χ1) is 8.40. The number of hydrogen-bond donors (Lipinski definition) is 1. The van der Waals surface area contributed by atoms with Gasteiger partial charge in [-0.15, -0.1) is 0 Å². The van der Waals surface area contributed by atoms with E-state index < -0.39 is 28.8 Å². The molecule has 0 radical (unpaired) electrons. The third-order valence-corrected chi connectivity index (χ3v) is 1.92. The molecular formula is C11H5F4N3. The summed E-state index contributed by atoms with van der Waals surface area (Å²) in [7, 11) is 0. The molecule has 1 N–H and O–H groups in total. The Balaban J connectivity index is 3.22. The van der Waals surface area contributed by atoms with Gasteiger partial charge >= 0.3 is 6.18 Å². The van der Waals surface area contributed by atoms with Crippen LogP contribution in [0.1, 0.15) is 5.56 Å². The average Bonchev–Trinajstić information content (AvgIpc) is 2.30. The van der Waals surface area contributed by atoms with E-state index in [2.05, 4.69) is 0 Å². The van der Waals surface area contributed by atoms with Crippen LogP contribution in [0.4, 0.5) is 23.2 Å². The third kappa shape index (κ3) is 2.98. The first kappa shape index (κ1) is 13.5. The fourth-order valence-corrected chi connectivity index (χ4v) is 1.14. The molecule has 0 heterocycles. The second-order valence-electron chi connectivity index (χ2n) is 3.09. The molecular weight excluding hydrogens is 250 g/mol. The standard InChI is InChI=1S/C11H5F4N3/c12-9-3-1-2-8(11(13,14)15)10(9)18-6-7(4-16)5-17/h1-3,6,18H. The Hall–Kier alpha value is -2.54. The Morgan fingerprint density at radius 3 is 2.33 bits per heavy atom. The van der Waals surface area contributed by atoms with Gasteiger partial charge in [0, 0.05) is 6.20 Å². The normalized spacial score (nSPS) is 10.1. The monoisotopic (exact) mass is 255 g/mol. The lowest BCUT2D eigenvalue weighted by Gasteiger charge is -2.12. The van der Waals surface area contributed by atoms with E-state index in [9.17, 15) is 17.6 Å². The summed E-state index contributed by atoms with van der Waals surface area (Å²) in [5.74, 6) is -1.13. The molecule has 0 aliphatic rings. The van der Waals surface area contributed by atoms with Crippen molar-refractivity contribution in [3.8, 4) is 12.1 Å². The number of rotatable bonds is 2. The van der Waals surface area contributed by atoms with Gasteiger partial charge in [-0.25, -0.2) is 4.39 Å². The van der Waals surface area contributed by atoms with Crippen LogP contribution in [0.5, 0.6) is 0 Å². The first-order valence-electron chi connectivity index (χ1n) is 4.52. The molecule has 0 aromatic heterocycles. The van der Waals surface area contributed by atoms with Gasteiger partial charge in [0.1, 0.15) is 23.5 Å². The summed E-state index contributed by atoms with van der Waals surface area (Å²) in [6.07, 6.45) is -4.02. The molecule has 1 aromatic carbocycles. The predicted molar refractivity (Wildman–Crippen MR) is 54.3 cm³/mol. The number of halogens is 4. The number of nitrogens with one attached hydrogen (secondary N) is 1. The van der Waals surface area contributed by atoms with Crippen molar-refractivity contribution in [1.82, 2.24) is 0 Å². The van der Waals surface area contributed by atoms with Gasteiger partial charge in [-0.2, -0.15) is 23.7 Å². The summed E-state index contributed by atoms with van der Waals surface area (Å²) in [6, 6.07) is 5.32. The van der Waals surface area contributed by atoms with Crippen LogP contribution in [0.2, 0.25) is 0 Å². The molecule has 3 nitrogen and oxygen atoms in total. The number of para-hydroxylation sites is 1. The van der Waals surface area contributed by atoms with Crippen molar-refractivity contribution < 1.29 is 17.6 Å². The SMILES string of the molecule is N#CC(C#N)=CNc1c(F)cccc1C(F)(F)F. The van der Waals surface area contributed by atoms with E-state index in [1.54, 1.807) is 0 Å². The zero-order valence-electron chi connectivity index (χ0n) is 8.72. The molecule has 92 valence electrons. The molecule has 0 aliphatic carbocycles. The van der Waals surface area contributed by atoms with Gasteiger partial charge in [0.15, 0.2) is 0 Å². The van der Waals surface area contributed by atoms with Gasteiger partial charge in [-0.3, -0.25) is 0 Å². The third-order valence-electron chi connectivity index (χ3n) is 1.92. The fourth-order valence-electron chi connectivity index (χ4n) is 1.14. The zero-order chi connectivity index (χ0) is 13.8. The van der Waals surface area contributed by atoms with Crippen LogP contribution in [0.25, 0.3) is 0 Å². The first-order valence-corrected chi connectivity index (χ1v) is 4.52. The van der Waals surface area contributed by atoms with E-state index in [0.717, 1.165) is 12.1 Å². The molecule has 0 atom stereocenters. The highest BCUT2D eigenvalue weighted by Gasteiger charge is 2.34. The van der Waals surface area contributed by atoms with E-state index in [1.165, 1.54) is 12.1 Å². The zero-order valence-corrected chi connectivity index (χ0v) is 8.72. The lowest BCUT2D eigenvalue weighted by Crippen LogP contribution is -2.10. The van der Waals surface area contributed by atoms with Crippen molar-refractivity contribution in [3.05, 3.63) is 41.4 Å². The summed E-state index contributed by atoms with van der Waals surface area (Å²) in [5.41, 5.74) is -2.51. The van der Waals surface area contributed by atoms with Crippen molar-refractivity contribution in [2.75, 3.05) is 5.32 Å². The van der Waals surface area contributed by atoms with Crippen molar-refractivity contribution >= 4 is 5.69 Å². The van der Waals surface area contributed by atoms with E-state index in [0.29, 0.717) is 12.3 Å². The van der Waals surface area contributed by atoms with Gasteiger partial charge in [0.2, 0.25) is 0 Å².